The Morgan fingerprint density at radius 2 is 0.888 bits per heavy atom. The number of carbonyl (C=O) groups excluding carboxylic acids is 4. The Morgan fingerprint density at radius 3 is 1.35 bits per heavy atom. The lowest BCUT2D eigenvalue weighted by Crippen LogP contribution is -2.60. The zero-order valence-corrected chi connectivity index (χ0v) is 68.5. The summed E-state index contributed by atoms with van der Waals surface area (Å²) in [6, 6.07) is 0.682. The molecule has 3 saturated carbocycles. The minimum absolute atomic E-state index is 0.00218. The number of allylic oxidation sites excluding steroid dienone is 6. The third kappa shape index (κ3) is 19.1. The van der Waals surface area contributed by atoms with Gasteiger partial charge in [-0.2, -0.15) is 0 Å². The summed E-state index contributed by atoms with van der Waals surface area (Å²) < 4.78 is 100. The molecule has 6 heterocycles. The highest BCUT2D eigenvalue weighted by Gasteiger charge is 2.57. The molecule has 0 bridgehead atoms. The molecule has 0 radical (unpaired) electrons. The Bertz CT molecular complexity index is 3000. The largest absolute Gasteiger partial charge is 0.462 e. The number of carbonyl (C=O) groups is 4. The number of Topliss-reactive ketones (excluding diaryl/α,β-unsaturated/α-hetero) is 2. The van der Waals surface area contributed by atoms with Crippen molar-refractivity contribution in [1.29, 1.82) is 0 Å². The smallest absolute Gasteiger partial charge is 0.306 e. The Kier molecular flexibility index (Phi) is 30.4. The number of cyclic esters (lactones) is 2. The molecule has 12 rings (SSSR count). The molecule has 0 aromatic carbocycles. The fourth-order valence-corrected chi connectivity index (χ4v) is 21.9. The van der Waals surface area contributed by atoms with Gasteiger partial charge in [-0.15, -0.1) is 0 Å². The molecule has 0 N–H and O–H groups in total. The van der Waals surface area contributed by atoms with Crippen molar-refractivity contribution in [3.63, 3.8) is 0 Å². The van der Waals surface area contributed by atoms with Crippen LogP contribution in [0, 0.1) is 71.0 Å². The zero-order valence-electron chi connectivity index (χ0n) is 68.5. The molecule has 0 aromatic heterocycles. The van der Waals surface area contributed by atoms with E-state index in [0.717, 1.165) is 120 Å². The van der Waals surface area contributed by atoms with Crippen molar-refractivity contribution in [3.8, 4) is 0 Å². The van der Waals surface area contributed by atoms with Gasteiger partial charge in [0.15, 0.2) is 36.7 Å². The van der Waals surface area contributed by atoms with Gasteiger partial charge >= 0.3 is 11.9 Å². The van der Waals surface area contributed by atoms with E-state index in [9.17, 15) is 19.2 Å². The van der Waals surface area contributed by atoms with Crippen LogP contribution in [-0.2, 0) is 95.0 Å². The Hall–Kier alpha value is -3.14. The number of esters is 2. The molecule has 6 aliphatic carbocycles. The molecule has 0 spiro atoms. The number of hydrogen-bond acceptors (Lipinski definition) is 22. The van der Waals surface area contributed by atoms with Crippen LogP contribution < -0.4 is 0 Å². The monoisotopic (exact) mass is 1510 g/mol. The SMILES string of the molecule is CCOC1C(OC)C(C)OC(OC2CC3C(C)=CC4C5CC(=O)OC(CC)CCCC(OC6CCC(N(C)C)C(C)O6)C(C)C(=O)C5=CC4C3C2)C1OC.CCOC1C(OC)C(C)OC(OC2CC3CCC4C5CC(=O)OC(CC)CCCC(OC6CCC(N(C)C)C(C)O6)C(C)C(=O)C5=CC4C3C2)C1OC. The normalized spacial score (nSPS) is 45.0. The van der Waals surface area contributed by atoms with Crippen LogP contribution in [-0.4, -0.2) is 238 Å². The first-order valence-corrected chi connectivity index (χ1v) is 41.9. The van der Waals surface area contributed by atoms with Crippen molar-refractivity contribution in [1.82, 2.24) is 9.80 Å². The molecule has 6 aliphatic heterocycles. The fourth-order valence-electron chi connectivity index (χ4n) is 21.9. The van der Waals surface area contributed by atoms with Crippen molar-refractivity contribution in [3.05, 3.63) is 34.9 Å². The lowest BCUT2D eigenvalue weighted by Gasteiger charge is -2.44. The molecule has 22 heteroatoms. The molecule has 9 fully saturated rings. The van der Waals surface area contributed by atoms with Crippen molar-refractivity contribution in [2.75, 3.05) is 69.8 Å². The molecule has 0 amide bonds. The average molecular weight is 1510 g/mol. The third-order valence-electron chi connectivity index (χ3n) is 27.6. The van der Waals surface area contributed by atoms with Gasteiger partial charge in [0.2, 0.25) is 0 Å². The summed E-state index contributed by atoms with van der Waals surface area (Å²) in [6.45, 7) is 23.7. The predicted molar refractivity (Wildman–Crippen MR) is 402 cm³/mol. The maximum absolute atomic E-state index is 14.8. The lowest BCUT2D eigenvalue weighted by molar-refractivity contribution is -0.317. The molecular weight excluding hydrogens is 1370 g/mol. The third-order valence-corrected chi connectivity index (χ3v) is 27.6. The van der Waals surface area contributed by atoms with E-state index in [2.05, 4.69) is 90.8 Å². The van der Waals surface area contributed by atoms with Crippen molar-refractivity contribution < 1.29 is 95.0 Å². The first-order valence-electron chi connectivity index (χ1n) is 41.9. The van der Waals surface area contributed by atoms with E-state index in [4.69, 9.17) is 75.8 Å². The summed E-state index contributed by atoms with van der Waals surface area (Å²) in [4.78, 5) is 61.0. The van der Waals surface area contributed by atoms with E-state index in [1.54, 1.807) is 28.4 Å². The second kappa shape index (κ2) is 38.3. The van der Waals surface area contributed by atoms with Crippen LogP contribution in [0.1, 0.15) is 205 Å². The molecule has 12 aliphatic rings. The molecule has 34 unspecified atom stereocenters. The molecular formula is C85H138N2O20. The van der Waals surface area contributed by atoms with Gasteiger partial charge in [0.1, 0.15) is 48.8 Å². The van der Waals surface area contributed by atoms with E-state index < -0.39 is 24.8 Å². The molecule has 107 heavy (non-hydrogen) atoms. The van der Waals surface area contributed by atoms with E-state index in [1.165, 1.54) is 5.57 Å². The van der Waals surface area contributed by atoms with Gasteiger partial charge in [-0.1, -0.05) is 51.5 Å². The van der Waals surface area contributed by atoms with Crippen LogP contribution in [0.5, 0.6) is 0 Å². The Balaban J connectivity index is 0.000000213. The highest BCUT2D eigenvalue weighted by atomic mass is 16.7. The minimum Gasteiger partial charge on any atom is -0.462 e. The fraction of sp³-hybridized carbons (Fsp3) is 0.882. The van der Waals surface area contributed by atoms with Gasteiger partial charge in [0.25, 0.3) is 0 Å². The van der Waals surface area contributed by atoms with Gasteiger partial charge in [-0.25, -0.2) is 0 Å². The Morgan fingerprint density at radius 1 is 0.430 bits per heavy atom. The van der Waals surface area contributed by atoms with Gasteiger partial charge < -0.3 is 85.6 Å². The standard InChI is InChI=1S/C43H69NO10.C42H69NO10/c1-11-27-14-13-15-36(54-38-17-16-35(44(7)8)25(5)50-38)24(4)39(46)34-21-32-30(33(34)22-37(45)52-27)18-23(3)29-19-28(20-31(29)32)53-43-42(48-10)41(49-12-2)40(47-9)26(6)51-43;1-10-27-13-12-14-35(53-37-18-17-34(43(6)7)24(4)49-37)23(3)38(45)33-21-31-29(32(33)22-36(44)51-27)16-15-26-19-28(20-30(26)31)52-42-41(47-9)40(48-11-2)39(46-8)25(5)50-42/h18,21,24-33,35-36,38,40-43H,11-17,19-20,22H2,1-10H3;21,23-32,34-35,37,39-42H,10-20,22H2,1-9H3. The molecule has 34 atom stereocenters. The number of ketones is 2. The van der Waals surface area contributed by atoms with E-state index in [-0.39, 0.29) is 188 Å². The van der Waals surface area contributed by atoms with Gasteiger partial charge in [0.05, 0.1) is 61.7 Å². The molecule has 608 valence electrons. The quantitative estimate of drug-likeness (QED) is 0.0816. The number of likely N-dealkylation sites (N-methyl/N-ethyl adjacent to an activating group) is 2. The summed E-state index contributed by atoms with van der Waals surface area (Å²) in [5.74, 6) is 0.742. The number of hydrogen-bond donors (Lipinski definition) is 0. The maximum atomic E-state index is 14.8. The first kappa shape index (κ1) is 84.8. The second-order valence-electron chi connectivity index (χ2n) is 34.3. The summed E-state index contributed by atoms with van der Waals surface area (Å²) in [7, 11) is 15.1. The number of methoxy groups -OCH3 is 4. The van der Waals surface area contributed by atoms with E-state index >= 15 is 0 Å². The first-order chi connectivity index (χ1) is 51.3. The van der Waals surface area contributed by atoms with E-state index in [1.807, 2.05) is 41.5 Å². The van der Waals surface area contributed by atoms with Gasteiger partial charge in [-0.05, 0) is 251 Å². The number of nitrogens with zero attached hydrogens (tertiary/aromatic N) is 2. The average Bonchev–Trinajstić information content (AvgIpc) is 1.60. The van der Waals surface area contributed by atoms with Crippen LogP contribution in [0.25, 0.3) is 0 Å². The van der Waals surface area contributed by atoms with Crippen LogP contribution in [0.4, 0.5) is 0 Å². The highest BCUT2D eigenvalue weighted by molar-refractivity contribution is 6.00. The molecule has 22 nitrogen and oxygen atoms in total. The number of ether oxygens (including phenoxy) is 16. The summed E-state index contributed by atoms with van der Waals surface area (Å²) >= 11 is 0. The van der Waals surface area contributed by atoms with Crippen LogP contribution >= 0.6 is 0 Å². The van der Waals surface area contributed by atoms with Gasteiger partial charge in [0, 0.05) is 77.4 Å². The maximum Gasteiger partial charge on any atom is 0.306 e. The lowest BCUT2D eigenvalue weighted by atomic mass is 9.66. The number of rotatable bonds is 20. The zero-order chi connectivity index (χ0) is 76.8. The van der Waals surface area contributed by atoms with Crippen molar-refractivity contribution in [2.45, 2.75) is 339 Å². The number of fused-ring (bicyclic) bond motifs is 10. The van der Waals surface area contributed by atoms with E-state index in [0.29, 0.717) is 49.5 Å². The predicted octanol–water partition coefficient (Wildman–Crippen LogP) is 12.4. The molecule has 6 saturated heterocycles. The highest BCUT2D eigenvalue weighted by Crippen LogP contribution is 2.59. The minimum atomic E-state index is -0.597. The molecule has 0 aromatic rings. The van der Waals surface area contributed by atoms with Crippen molar-refractivity contribution in [2.24, 2.45) is 71.0 Å². The van der Waals surface area contributed by atoms with Crippen LogP contribution in [0.15, 0.2) is 34.9 Å². The summed E-state index contributed by atoms with van der Waals surface area (Å²) in [6.07, 6.45) is 17.4. The summed E-state index contributed by atoms with van der Waals surface area (Å²) in [5, 5.41) is 0. The second-order valence-corrected chi connectivity index (χ2v) is 34.3. The summed E-state index contributed by atoms with van der Waals surface area (Å²) in [5.41, 5.74) is 2.89. The topological polar surface area (TPSA) is 222 Å². The van der Waals surface area contributed by atoms with Crippen LogP contribution in [0.3, 0.4) is 0 Å². The van der Waals surface area contributed by atoms with Gasteiger partial charge in [-0.3, -0.25) is 19.2 Å². The van der Waals surface area contributed by atoms with Crippen molar-refractivity contribution >= 4 is 23.5 Å². The van der Waals surface area contributed by atoms with Crippen LogP contribution in [0.2, 0.25) is 0 Å². The Labute approximate surface area is 640 Å².